The molecule has 1 unspecified atom stereocenters. The second-order valence-corrected chi connectivity index (χ2v) is 10.5. The first kappa shape index (κ1) is 25.9. The number of carbonyl (C=O) groups excluding carboxylic acids is 3. The minimum atomic E-state index is -1.04. The van der Waals surface area contributed by atoms with Crippen LogP contribution in [-0.2, 0) is 15.0 Å². The first-order valence-electron chi connectivity index (χ1n) is 11.5. The fourth-order valence-electron chi connectivity index (χ4n) is 5.11. The van der Waals surface area contributed by atoms with Gasteiger partial charge in [-0.25, -0.2) is 4.39 Å². The van der Waals surface area contributed by atoms with Crippen molar-refractivity contribution in [1.82, 2.24) is 9.80 Å². The standard InChI is InChI=1S/C26H25Cl2FN4O3/c1-14(2)8-21(32(3)24(35)22-18(27)9-15(29)10-19(22)28)23(34)33-13-26(11-16(33)12-30)17-6-4-5-7-20(17)31-25(26)36/h4-7,9-10,14,16,21H,8,11,13H2,1-3H3,(H,31,36)/t16?,21-,26-/m0/s1. The van der Waals surface area contributed by atoms with Crippen molar-refractivity contribution >= 4 is 46.6 Å². The molecule has 2 aliphatic heterocycles. The van der Waals surface area contributed by atoms with Gasteiger partial charge in [-0.05, 0) is 36.1 Å². The minimum absolute atomic E-state index is 0.0148. The number of anilines is 1. The van der Waals surface area contributed by atoms with E-state index >= 15 is 0 Å². The Bertz CT molecular complexity index is 1270. The number of nitrogens with zero attached hydrogens (tertiary/aromatic N) is 3. The quantitative estimate of drug-likeness (QED) is 0.609. The van der Waals surface area contributed by atoms with Crippen LogP contribution in [-0.4, -0.2) is 53.2 Å². The summed E-state index contributed by atoms with van der Waals surface area (Å²) >= 11 is 12.3. The van der Waals surface area contributed by atoms with Crippen molar-refractivity contribution in [1.29, 1.82) is 5.26 Å². The summed E-state index contributed by atoms with van der Waals surface area (Å²) in [5, 5.41) is 12.5. The van der Waals surface area contributed by atoms with Crippen LogP contribution in [0.3, 0.4) is 0 Å². The molecule has 2 aliphatic rings. The van der Waals surface area contributed by atoms with Crippen molar-refractivity contribution in [2.24, 2.45) is 5.92 Å². The molecule has 0 radical (unpaired) electrons. The molecular weight excluding hydrogens is 506 g/mol. The minimum Gasteiger partial charge on any atom is -0.330 e. The molecule has 1 saturated heterocycles. The highest BCUT2D eigenvalue weighted by atomic mass is 35.5. The summed E-state index contributed by atoms with van der Waals surface area (Å²) in [5.74, 6) is -2.02. The van der Waals surface area contributed by atoms with Crippen molar-refractivity contribution in [3.8, 4) is 6.07 Å². The maximum absolute atomic E-state index is 13.9. The Labute approximate surface area is 218 Å². The Kier molecular flexibility index (Phi) is 7.00. The van der Waals surface area contributed by atoms with Gasteiger partial charge >= 0.3 is 0 Å². The zero-order chi connectivity index (χ0) is 26.4. The van der Waals surface area contributed by atoms with Gasteiger partial charge in [0.05, 0.1) is 27.1 Å². The lowest BCUT2D eigenvalue weighted by Gasteiger charge is -2.33. The number of likely N-dealkylation sites (tertiary alicyclic amines) is 1. The highest BCUT2D eigenvalue weighted by Gasteiger charge is 2.56. The number of benzene rings is 2. The molecule has 36 heavy (non-hydrogen) atoms. The number of hydrogen-bond acceptors (Lipinski definition) is 4. The van der Waals surface area contributed by atoms with Crippen molar-refractivity contribution in [3.05, 3.63) is 63.4 Å². The summed E-state index contributed by atoms with van der Waals surface area (Å²) in [5.41, 5.74) is 0.268. The number of nitriles is 1. The van der Waals surface area contributed by atoms with Crippen LogP contribution in [0.25, 0.3) is 0 Å². The van der Waals surface area contributed by atoms with Gasteiger partial charge in [0.2, 0.25) is 11.8 Å². The highest BCUT2D eigenvalue weighted by molar-refractivity contribution is 6.39. The Morgan fingerprint density at radius 1 is 1.28 bits per heavy atom. The van der Waals surface area contributed by atoms with E-state index in [4.69, 9.17) is 23.2 Å². The number of carbonyl (C=O) groups is 3. The molecule has 4 rings (SSSR count). The summed E-state index contributed by atoms with van der Waals surface area (Å²) < 4.78 is 13.7. The predicted molar refractivity (Wildman–Crippen MR) is 134 cm³/mol. The summed E-state index contributed by atoms with van der Waals surface area (Å²) in [7, 11) is 1.45. The van der Waals surface area contributed by atoms with Gasteiger partial charge in [0.1, 0.15) is 17.9 Å². The summed E-state index contributed by atoms with van der Waals surface area (Å²) in [6.07, 6.45) is 0.446. The molecule has 3 amide bonds. The number of hydrogen-bond donors (Lipinski definition) is 1. The fraction of sp³-hybridized carbons (Fsp3) is 0.385. The summed E-state index contributed by atoms with van der Waals surface area (Å²) in [6, 6.07) is 9.57. The molecule has 2 heterocycles. The van der Waals surface area contributed by atoms with E-state index in [0.29, 0.717) is 12.1 Å². The molecule has 0 bridgehead atoms. The molecule has 2 aromatic rings. The topological polar surface area (TPSA) is 93.5 Å². The number of halogens is 3. The normalized spacial score (nSPS) is 21.3. The van der Waals surface area contributed by atoms with Gasteiger partial charge in [0, 0.05) is 25.7 Å². The molecule has 188 valence electrons. The molecule has 0 saturated carbocycles. The van der Waals surface area contributed by atoms with Gasteiger partial charge in [0.25, 0.3) is 5.91 Å². The van der Waals surface area contributed by atoms with E-state index in [1.165, 1.54) is 16.8 Å². The Balaban J connectivity index is 1.68. The Hall–Kier alpha value is -3.15. The summed E-state index contributed by atoms with van der Waals surface area (Å²) in [6.45, 7) is 3.83. The number of nitrogens with one attached hydrogen (secondary N) is 1. The Morgan fingerprint density at radius 3 is 2.53 bits per heavy atom. The molecule has 1 fully saturated rings. The fourth-order valence-corrected chi connectivity index (χ4v) is 5.73. The van der Waals surface area contributed by atoms with Crippen LogP contribution in [0.1, 0.15) is 42.6 Å². The van der Waals surface area contributed by atoms with Crippen LogP contribution in [0.4, 0.5) is 10.1 Å². The maximum atomic E-state index is 13.9. The van der Waals surface area contributed by atoms with Gasteiger partial charge in [-0.15, -0.1) is 0 Å². The van der Waals surface area contributed by atoms with Crippen LogP contribution < -0.4 is 5.32 Å². The van der Waals surface area contributed by atoms with E-state index in [2.05, 4.69) is 11.4 Å². The monoisotopic (exact) mass is 530 g/mol. The number of rotatable bonds is 5. The molecule has 3 atom stereocenters. The molecule has 2 aromatic carbocycles. The van der Waals surface area contributed by atoms with Crippen LogP contribution in [0.2, 0.25) is 10.0 Å². The summed E-state index contributed by atoms with van der Waals surface area (Å²) in [4.78, 5) is 43.0. The number of para-hydroxylation sites is 1. The van der Waals surface area contributed by atoms with E-state index in [0.717, 1.165) is 17.7 Å². The van der Waals surface area contributed by atoms with E-state index in [1.807, 2.05) is 32.0 Å². The lowest BCUT2D eigenvalue weighted by molar-refractivity contribution is -0.136. The van der Waals surface area contributed by atoms with Crippen LogP contribution in [0, 0.1) is 23.1 Å². The van der Waals surface area contributed by atoms with E-state index < -0.39 is 35.1 Å². The third kappa shape index (κ3) is 4.31. The highest BCUT2D eigenvalue weighted by Crippen LogP contribution is 2.46. The number of likely N-dealkylation sites (N-methyl/N-ethyl adjacent to an activating group) is 1. The SMILES string of the molecule is CC(C)C[C@@H](C(=O)N1C[C@]2(CC1C#N)C(=O)Nc1ccccc12)N(C)C(=O)c1c(Cl)cc(F)cc1Cl. The smallest absolute Gasteiger partial charge is 0.257 e. The van der Waals surface area contributed by atoms with Crippen LogP contribution >= 0.6 is 23.2 Å². The zero-order valence-corrected chi connectivity index (χ0v) is 21.5. The maximum Gasteiger partial charge on any atom is 0.257 e. The van der Waals surface area contributed by atoms with Gasteiger partial charge in [-0.2, -0.15) is 5.26 Å². The largest absolute Gasteiger partial charge is 0.330 e. The molecular formula is C26H25Cl2FN4O3. The van der Waals surface area contributed by atoms with Crippen molar-refractivity contribution < 1.29 is 18.8 Å². The molecule has 1 spiro atoms. The predicted octanol–water partition coefficient (Wildman–Crippen LogP) is 4.63. The Morgan fingerprint density at radius 2 is 1.92 bits per heavy atom. The van der Waals surface area contributed by atoms with Gasteiger partial charge in [-0.3, -0.25) is 14.4 Å². The molecule has 0 aliphatic carbocycles. The second kappa shape index (κ2) is 9.72. The van der Waals surface area contributed by atoms with E-state index in [9.17, 15) is 24.0 Å². The number of amides is 3. The first-order valence-corrected chi connectivity index (χ1v) is 12.3. The van der Waals surface area contributed by atoms with E-state index in [-0.39, 0.29) is 40.4 Å². The molecule has 10 heteroatoms. The number of fused-ring (bicyclic) bond motifs is 2. The van der Waals surface area contributed by atoms with Gasteiger partial charge in [-0.1, -0.05) is 55.2 Å². The molecule has 0 aromatic heterocycles. The van der Waals surface area contributed by atoms with E-state index in [1.54, 1.807) is 6.07 Å². The van der Waals surface area contributed by atoms with Crippen LogP contribution in [0.5, 0.6) is 0 Å². The average molecular weight is 531 g/mol. The first-order chi connectivity index (χ1) is 17.0. The van der Waals surface area contributed by atoms with Crippen molar-refractivity contribution in [3.63, 3.8) is 0 Å². The third-order valence-corrected chi connectivity index (χ3v) is 7.50. The molecule has 1 N–H and O–H groups in total. The van der Waals surface area contributed by atoms with Gasteiger partial charge in [0.15, 0.2) is 0 Å². The zero-order valence-electron chi connectivity index (χ0n) is 20.0. The lowest BCUT2D eigenvalue weighted by atomic mass is 9.80. The average Bonchev–Trinajstić information content (AvgIpc) is 3.34. The van der Waals surface area contributed by atoms with Crippen molar-refractivity contribution in [2.75, 3.05) is 18.9 Å². The lowest BCUT2D eigenvalue weighted by Crippen LogP contribution is -2.52. The molecule has 7 nitrogen and oxygen atoms in total. The second-order valence-electron chi connectivity index (χ2n) is 9.70. The van der Waals surface area contributed by atoms with Crippen LogP contribution in [0.15, 0.2) is 36.4 Å². The van der Waals surface area contributed by atoms with Gasteiger partial charge < -0.3 is 15.1 Å². The third-order valence-electron chi connectivity index (χ3n) is 6.90. The van der Waals surface area contributed by atoms with Crippen molar-refractivity contribution in [2.45, 2.75) is 44.2 Å².